The number of aliphatic hydroxyl groups is 1. The van der Waals surface area contributed by atoms with Crippen LogP contribution in [0.1, 0.15) is 6.92 Å². The highest BCUT2D eigenvalue weighted by Crippen LogP contribution is 2.11. The van der Waals surface area contributed by atoms with E-state index in [1.54, 1.807) is 0 Å². The normalized spacial score (nSPS) is 16.3. The second-order valence-electron chi connectivity index (χ2n) is 1.48. The molecule has 0 aromatic carbocycles. The van der Waals surface area contributed by atoms with Crippen LogP contribution in [-0.2, 0) is 9.59 Å². The molecule has 0 heterocycles. The standard InChI is InChI=1S/C4H5ClO4/c1-2(6)4(5,9)3(7)8/h9H,1H3,(H,7,8). The first-order chi connectivity index (χ1) is 3.89. The Labute approximate surface area is 56.0 Å². The Balaban J connectivity index is 4.38. The summed E-state index contributed by atoms with van der Waals surface area (Å²) in [5, 5.41) is 13.7. The van der Waals surface area contributed by atoms with E-state index in [2.05, 4.69) is 0 Å². The van der Waals surface area contributed by atoms with Crippen molar-refractivity contribution >= 4 is 23.4 Å². The number of aliphatic carboxylic acids is 1. The van der Waals surface area contributed by atoms with E-state index in [1.165, 1.54) is 0 Å². The van der Waals surface area contributed by atoms with Gasteiger partial charge < -0.3 is 10.2 Å². The molecule has 0 aromatic rings. The van der Waals surface area contributed by atoms with Crippen molar-refractivity contribution in [3.05, 3.63) is 0 Å². The fourth-order valence-electron chi connectivity index (χ4n) is 0.151. The number of carboxylic acid groups (broad SMARTS) is 1. The van der Waals surface area contributed by atoms with Crippen molar-refractivity contribution < 1.29 is 19.8 Å². The highest BCUT2D eigenvalue weighted by atomic mass is 35.5. The number of carboxylic acids is 1. The lowest BCUT2D eigenvalue weighted by molar-refractivity contribution is -0.155. The Morgan fingerprint density at radius 2 is 1.89 bits per heavy atom. The van der Waals surface area contributed by atoms with Gasteiger partial charge >= 0.3 is 5.97 Å². The summed E-state index contributed by atoms with van der Waals surface area (Å²) < 4.78 is 0. The Bertz CT molecular complexity index is 135. The third-order valence-electron chi connectivity index (χ3n) is 0.750. The molecule has 0 aliphatic carbocycles. The van der Waals surface area contributed by atoms with Crippen molar-refractivity contribution in [2.45, 2.75) is 12.0 Å². The zero-order valence-electron chi connectivity index (χ0n) is 4.59. The summed E-state index contributed by atoms with van der Waals surface area (Å²) in [4.78, 5) is 20.0. The highest BCUT2D eigenvalue weighted by Gasteiger charge is 2.38. The van der Waals surface area contributed by atoms with Crippen molar-refractivity contribution in [3.8, 4) is 0 Å². The lowest BCUT2D eigenvalue weighted by atomic mass is 10.2. The number of carbonyl (C=O) groups excluding carboxylic acids is 1. The summed E-state index contributed by atoms with van der Waals surface area (Å²) in [6.07, 6.45) is 0. The highest BCUT2D eigenvalue weighted by molar-refractivity contribution is 6.43. The largest absolute Gasteiger partial charge is 0.478 e. The number of hydrogen-bond donors (Lipinski definition) is 2. The third kappa shape index (κ3) is 1.65. The number of rotatable bonds is 2. The van der Waals surface area contributed by atoms with Crippen LogP contribution in [-0.4, -0.2) is 27.0 Å². The maximum Gasteiger partial charge on any atom is 0.359 e. The molecule has 0 radical (unpaired) electrons. The van der Waals surface area contributed by atoms with Crippen LogP contribution in [0.4, 0.5) is 0 Å². The molecule has 4 nitrogen and oxygen atoms in total. The smallest absolute Gasteiger partial charge is 0.359 e. The summed E-state index contributed by atoms with van der Waals surface area (Å²) in [6.45, 7) is 0.890. The predicted molar refractivity (Wildman–Crippen MR) is 29.1 cm³/mol. The second kappa shape index (κ2) is 2.33. The third-order valence-corrected chi connectivity index (χ3v) is 1.18. The molecule has 0 saturated heterocycles. The molecule has 0 saturated carbocycles. The summed E-state index contributed by atoms with van der Waals surface area (Å²) in [5.41, 5.74) is 0. The number of halogens is 1. The molecule has 5 heteroatoms. The zero-order valence-corrected chi connectivity index (χ0v) is 5.34. The minimum Gasteiger partial charge on any atom is -0.478 e. The Kier molecular flexibility index (Phi) is 2.17. The molecule has 52 valence electrons. The Hall–Kier alpha value is -0.610. The van der Waals surface area contributed by atoms with E-state index in [0.717, 1.165) is 6.92 Å². The van der Waals surface area contributed by atoms with Crippen molar-refractivity contribution in [1.29, 1.82) is 0 Å². The van der Waals surface area contributed by atoms with E-state index >= 15 is 0 Å². The van der Waals surface area contributed by atoms with Crippen LogP contribution in [0.5, 0.6) is 0 Å². The molecule has 1 unspecified atom stereocenters. The predicted octanol–water partition coefficient (Wildman–Crippen LogP) is -0.413. The van der Waals surface area contributed by atoms with Crippen molar-refractivity contribution in [1.82, 2.24) is 0 Å². The van der Waals surface area contributed by atoms with Crippen molar-refractivity contribution in [2.24, 2.45) is 0 Å². The molecule has 0 bridgehead atoms. The van der Waals surface area contributed by atoms with Crippen molar-refractivity contribution in [3.63, 3.8) is 0 Å². The fourth-order valence-corrected chi connectivity index (χ4v) is 0.151. The summed E-state index contributed by atoms with van der Waals surface area (Å²) >= 11 is 4.81. The minimum atomic E-state index is -2.75. The molecule has 0 fully saturated rings. The van der Waals surface area contributed by atoms with Gasteiger partial charge in [0.15, 0.2) is 5.78 Å². The number of ketones is 1. The second-order valence-corrected chi connectivity index (χ2v) is 2.03. The Morgan fingerprint density at radius 1 is 1.56 bits per heavy atom. The van der Waals surface area contributed by atoms with Crippen LogP contribution in [0.15, 0.2) is 0 Å². The van der Waals surface area contributed by atoms with Gasteiger partial charge in [0.05, 0.1) is 0 Å². The first kappa shape index (κ1) is 8.39. The number of Topliss-reactive ketones (excluding diaryl/α,β-unsaturated/α-hetero) is 1. The number of alkyl halides is 1. The molecular weight excluding hydrogens is 147 g/mol. The van der Waals surface area contributed by atoms with Gasteiger partial charge in [-0.2, -0.15) is 0 Å². The van der Waals surface area contributed by atoms with E-state index in [9.17, 15) is 9.59 Å². The average Bonchev–Trinajstić information content (AvgIpc) is 1.65. The van der Waals surface area contributed by atoms with Gasteiger partial charge in [-0.1, -0.05) is 11.6 Å². The maximum absolute atomic E-state index is 10.1. The van der Waals surface area contributed by atoms with Gasteiger partial charge in [-0.15, -0.1) is 0 Å². The average molecular weight is 153 g/mol. The van der Waals surface area contributed by atoms with Crippen LogP contribution in [0.25, 0.3) is 0 Å². The zero-order chi connectivity index (χ0) is 7.65. The van der Waals surface area contributed by atoms with Gasteiger partial charge in [0, 0.05) is 0 Å². The van der Waals surface area contributed by atoms with Gasteiger partial charge in [0.1, 0.15) is 0 Å². The topological polar surface area (TPSA) is 74.6 Å². The molecular formula is C4H5ClO4. The van der Waals surface area contributed by atoms with Gasteiger partial charge in [0.2, 0.25) is 0 Å². The first-order valence-corrected chi connectivity index (χ1v) is 2.42. The molecule has 0 aliphatic heterocycles. The van der Waals surface area contributed by atoms with Gasteiger partial charge in [-0.3, -0.25) is 4.79 Å². The van der Waals surface area contributed by atoms with E-state index in [-0.39, 0.29) is 0 Å². The van der Waals surface area contributed by atoms with E-state index in [4.69, 9.17) is 21.8 Å². The van der Waals surface area contributed by atoms with Crippen LogP contribution < -0.4 is 0 Å². The van der Waals surface area contributed by atoms with Crippen LogP contribution in [0, 0.1) is 0 Å². The van der Waals surface area contributed by atoms with E-state index < -0.39 is 16.8 Å². The molecule has 1 atom stereocenters. The summed E-state index contributed by atoms with van der Waals surface area (Å²) in [7, 11) is 0. The first-order valence-electron chi connectivity index (χ1n) is 2.04. The summed E-state index contributed by atoms with van der Waals surface area (Å²) in [5.74, 6) is -2.76. The summed E-state index contributed by atoms with van der Waals surface area (Å²) in [6, 6.07) is 0. The quantitative estimate of drug-likeness (QED) is 0.417. The number of hydrogen-bond acceptors (Lipinski definition) is 3. The van der Waals surface area contributed by atoms with E-state index in [1.807, 2.05) is 0 Å². The number of carbonyl (C=O) groups is 2. The van der Waals surface area contributed by atoms with Crippen LogP contribution >= 0.6 is 11.6 Å². The molecule has 2 N–H and O–H groups in total. The van der Waals surface area contributed by atoms with Crippen molar-refractivity contribution in [2.75, 3.05) is 0 Å². The lowest BCUT2D eigenvalue weighted by Crippen LogP contribution is -2.39. The lowest BCUT2D eigenvalue weighted by Gasteiger charge is -2.08. The molecule has 0 aromatic heterocycles. The molecule has 0 rings (SSSR count). The monoisotopic (exact) mass is 152 g/mol. The molecule has 9 heavy (non-hydrogen) atoms. The van der Waals surface area contributed by atoms with Gasteiger partial charge in [-0.05, 0) is 6.92 Å². The van der Waals surface area contributed by atoms with Gasteiger partial charge in [-0.25, -0.2) is 4.79 Å². The molecule has 0 spiro atoms. The van der Waals surface area contributed by atoms with Gasteiger partial charge in [0.25, 0.3) is 5.06 Å². The maximum atomic E-state index is 10.1. The molecule has 0 aliphatic rings. The molecule has 0 amide bonds. The van der Waals surface area contributed by atoms with Crippen LogP contribution in [0.2, 0.25) is 0 Å². The SMILES string of the molecule is CC(=O)C(O)(Cl)C(=O)O. The minimum absolute atomic E-state index is 0.890. The fraction of sp³-hybridized carbons (Fsp3) is 0.500. The van der Waals surface area contributed by atoms with Crippen LogP contribution in [0.3, 0.4) is 0 Å². The Morgan fingerprint density at radius 3 is 1.89 bits per heavy atom. The van der Waals surface area contributed by atoms with E-state index in [0.29, 0.717) is 0 Å².